The lowest BCUT2D eigenvalue weighted by atomic mass is 9.94. The van der Waals surface area contributed by atoms with Gasteiger partial charge >= 0.3 is 0 Å². The predicted molar refractivity (Wildman–Crippen MR) is 80.9 cm³/mol. The smallest absolute Gasteiger partial charge is 0.129 e. The number of hydrogen-bond donors (Lipinski definition) is 2. The van der Waals surface area contributed by atoms with Crippen LogP contribution in [0, 0.1) is 13.8 Å². The van der Waals surface area contributed by atoms with Gasteiger partial charge in [-0.25, -0.2) is 10.4 Å². The Labute approximate surface area is 123 Å². The number of nitrogens with two attached hydrogens (primary N) is 1. The van der Waals surface area contributed by atoms with Gasteiger partial charge in [0.05, 0.1) is 13.2 Å². The van der Waals surface area contributed by atoms with Crippen LogP contribution in [0.25, 0.3) is 0 Å². The third-order valence-corrected chi connectivity index (χ3v) is 3.48. The van der Waals surface area contributed by atoms with Crippen LogP contribution in [-0.2, 0) is 0 Å². The predicted octanol–water partition coefficient (Wildman–Crippen LogP) is 2.91. The second kappa shape index (κ2) is 6.22. The van der Waals surface area contributed by atoms with Crippen molar-refractivity contribution in [2.45, 2.75) is 19.9 Å². The highest BCUT2D eigenvalue weighted by atomic mass is 35.5. The van der Waals surface area contributed by atoms with Crippen molar-refractivity contribution in [2.24, 2.45) is 5.84 Å². The van der Waals surface area contributed by atoms with E-state index < -0.39 is 0 Å². The fourth-order valence-corrected chi connectivity index (χ4v) is 2.49. The average Bonchev–Trinajstić information content (AvgIpc) is 2.43. The van der Waals surface area contributed by atoms with E-state index in [1.54, 1.807) is 19.4 Å². The molecule has 1 atom stereocenters. The molecule has 3 N–H and O–H groups in total. The fraction of sp³-hybridized carbons (Fsp3) is 0.267. The number of aryl methyl sites for hydroxylation is 2. The van der Waals surface area contributed by atoms with Crippen LogP contribution in [0.15, 0.2) is 30.5 Å². The SMILES string of the molecule is COc1cc(C)cc(C)c1C(NN)c1ccc(Cl)nc1. The van der Waals surface area contributed by atoms with Gasteiger partial charge in [0.25, 0.3) is 0 Å². The van der Waals surface area contributed by atoms with Gasteiger partial charge in [-0.2, -0.15) is 0 Å². The molecule has 0 radical (unpaired) electrons. The Hall–Kier alpha value is -1.62. The zero-order chi connectivity index (χ0) is 14.7. The molecular formula is C15H18ClN3O. The van der Waals surface area contributed by atoms with Gasteiger partial charge in [0, 0.05) is 11.8 Å². The Kier molecular flexibility index (Phi) is 4.60. The third-order valence-electron chi connectivity index (χ3n) is 3.25. The maximum absolute atomic E-state index is 5.83. The summed E-state index contributed by atoms with van der Waals surface area (Å²) < 4.78 is 5.49. The van der Waals surface area contributed by atoms with Crippen LogP contribution in [0.2, 0.25) is 5.15 Å². The van der Waals surface area contributed by atoms with Crippen LogP contribution < -0.4 is 16.0 Å². The van der Waals surface area contributed by atoms with Gasteiger partial charge in [-0.3, -0.25) is 5.84 Å². The highest BCUT2D eigenvalue weighted by Gasteiger charge is 2.20. The van der Waals surface area contributed by atoms with Crippen LogP contribution in [-0.4, -0.2) is 12.1 Å². The number of rotatable bonds is 4. The highest BCUT2D eigenvalue weighted by Crippen LogP contribution is 2.33. The number of aromatic nitrogens is 1. The molecule has 0 spiro atoms. The van der Waals surface area contributed by atoms with E-state index in [1.807, 2.05) is 26.0 Å². The minimum absolute atomic E-state index is 0.199. The summed E-state index contributed by atoms with van der Waals surface area (Å²) in [5, 5.41) is 0.456. The lowest BCUT2D eigenvalue weighted by Gasteiger charge is -2.22. The molecular weight excluding hydrogens is 274 g/mol. The first-order chi connectivity index (χ1) is 9.56. The lowest BCUT2D eigenvalue weighted by Crippen LogP contribution is -2.30. The monoisotopic (exact) mass is 291 g/mol. The van der Waals surface area contributed by atoms with Crippen LogP contribution >= 0.6 is 11.6 Å². The van der Waals surface area contributed by atoms with Gasteiger partial charge in [-0.1, -0.05) is 23.7 Å². The minimum Gasteiger partial charge on any atom is -0.496 e. The Morgan fingerprint density at radius 2 is 2.05 bits per heavy atom. The molecule has 2 rings (SSSR count). The summed E-state index contributed by atoms with van der Waals surface area (Å²) in [6.07, 6.45) is 1.71. The van der Waals surface area contributed by atoms with E-state index in [0.29, 0.717) is 5.15 Å². The molecule has 1 unspecified atom stereocenters. The van der Waals surface area contributed by atoms with E-state index in [-0.39, 0.29) is 6.04 Å². The summed E-state index contributed by atoms with van der Waals surface area (Å²) in [7, 11) is 1.66. The second-order valence-corrected chi connectivity index (χ2v) is 5.10. The number of hydrogen-bond acceptors (Lipinski definition) is 4. The van der Waals surface area contributed by atoms with Crippen LogP contribution in [0.1, 0.15) is 28.3 Å². The van der Waals surface area contributed by atoms with Crippen molar-refractivity contribution < 1.29 is 4.74 Å². The summed E-state index contributed by atoms with van der Waals surface area (Å²) in [6, 6.07) is 7.55. The number of hydrazine groups is 1. The van der Waals surface area contributed by atoms with Crippen molar-refractivity contribution >= 4 is 11.6 Å². The normalized spacial score (nSPS) is 12.2. The van der Waals surface area contributed by atoms with E-state index in [0.717, 1.165) is 28.0 Å². The molecule has 0 aliphatic carbocycles. The van der Waals surface area contributed by atoms with Crippen molar-refractivity contribution in [3.8, 4) is 5.75 Å². The first-order valence-electron chi connectivity index (χ1n) is 6.29. The standard InChI is InChI=1S/C15H18ClN3O/c1-9-6-10(2)14(12(7-9)20-3)15(19-17)11-4-5-13(16)18-8-11/h4-8,15,19H,17H2,1-3H3. The summed E-state index contributed by atoms with van der Waals surface area (Å²) in [4.78, 5) is 4.11. The number of halogens is 1. The molecule has 0 saturated heterocycles. The van der Waals surface area contributed by atoms with Crippen molar-refractivity contribution in [3.05, 3.63) is 57.9 Å². The zero-order valence-electron chi connectivity index (χ0n) is 11.8. The summed E-state index contributed by atoms with van der Waals surface area (Å²) in [6.45, 7) is 4.08. The molecule has 0 saturated carbocycles. The Balaban J connectivity index is 2.54. The molecule has 0 aliphatic heterocycles. The minimum atomic E-state index is -0.199. The van der Waals surface area contributed by atoms with Crippen LogP contribution in [0.5, 0.6) is 5.75 Å². The first-order valence-corrected chi connectivity index (χ1v) is 6.67. The summed E-state index contributed by atoms with van der Waals surface area (Å²) in [5.41, 5.74) is 7.02. The molecule has 1 heterocycles. The van der Waals surface area contributed by atoms with Gasteiger partial charge < -0.3 is 4.74 Å². The van der Waals surface area contributed by atoms with Gasteiger partial charge in [0.15, 0.2) is 0 Å². The molecule has 106 valence electrons. The molecule has 0 bridgehead atoms. The van der Waals surface area contributed by atoms with Gasteiger partial charge in [0.1, 0.15) is 10.9 Å². The van der Waals surface area contributed by atoms with E-state index in [9.17, 15) is 0 Å². The number of ether oxygens (including phenoxy) is 1. The third kappa shape index (κ3) is 2.93. The van der Waals surface area contributed by atoms with Crippen molar-refractivity contribution in [3.63, 3.8) is 0 Å². The van der Waals surface area contributed by atoms with Crippen LogP contribution in [0.4, 0.5) is 0 Å². The molecule has 1 aromatic heterocycles. The van der Waals surface area contributed by atoms with E-state index in [1.165, 1.54) is 0 Å². The number of nitrogens with zero attached hydrogens (tertiary/aromatic N) is 1. The fourth-order valence-electron chi connectivity index (χ4n) is 2.38. The quantitative estimate of drug-likeness (QED) is 0.516. The molecule has 0 aliphatic rings. The number of nitrogens with one attached hydrogen (secondary N) is 1. The molecule has 4 nitrogen and oxygen atoms in total. The molecule has 5 heteroatoms. The molecule has 0 amide bonds. The average molecular weight is 292 g/mol. The number of benzene rings is 1. The summed E-state index contributed by atoms with van der Waals surface area (Å²) >= 11 is 5.83. The highest BCUT2D eigenvalue weighted by molar-refractivity contribution is 6.29. The first kappa shape index (κ1) is 14.8. The Morgan fingerprint density at radius 1 is 1.30 bits per heavy atom. The largest absolute Gasteiger partial charge is 0.496 e. The van der Waals surface area contributed by atoms with E-state index in [2.05, 4.69) is 16.5 Å². The van der Waals surface area contributed by atoms with Crippen molar-refractivity contribution in [1.29, 1.82) is 0 Å². The molecule has 1 aromatic carbocycles. The lowest BCUT2D eigenvalue weighted by molar-refractivity contribution is 0.403. The second-order valence-electron chi connectivity index (χ2n) is 4.71. The maximum Gasteiger partial charge on any atom is 0.129 e. The summed E-state index contributed by atoms with van der Waals surface area (Å²) in [5.74, 6) is 6.55. The Morgan fingerprint density at radius 3 is 2.60 bits per heavy atom. The number of pyridine rings is 1. The van der Waals surface area contributed by atoms with E-state index >= 15 is 0 Å². The topological polar surface area (TPSA) is 60.2 Å². The molecule has 2 aromatic rings. The van der Waals surface area contributed by atoms with Gasteiger partial charge in [0.2, 0.25) is 0 Å². The zero-order valence-corrected chi connectivity index (χ0v) is 12.5. The Bertz CT molecular complexity index is 599. The molecule has 0 fully saturated rings. The van der Waals surface area contributed by atoms with Crippen molar-refractivity contribution in [2.75, 3.05) is 7.11 Å². The molecule has 20 heavy (non-hydrogen) atoms. The van der Waals surface area contributed by atoms with Crippen LogP contribution in [0.3, 0.4) is 0 Å². The van der Waals surface area contributed by atoms with Gasteiger partial charge in [-0.15, -0.1) is 0 Å². The maximum atomic E-state index is 5.83. The number of methoxy groups -OCH3 is 1. The van der Waals surface area contributed by atoms with E-state index in [4.69, 9.17) is 22.2 Å². The van der Waals surface area contributed by atoms with Gasteiger partial charge in [-0.05, 0) is 42.7 Å². The van der Waals surface area contributed by atoms with Crippen molar-refractivity contribution in [1.82, 2.24) is 10.4 Å².